The predicted molar refractivity (Wildman–Crippen MR) is 101 cm³/mol. The fraction of sp³-hybridized carbons (Fsp3) is 0.333. The van der Waals surface area contributed by atoms with Crippen molar-refractivity contribution in [3.63, 3.8) is 0 Å². The molecule has 0 saturated carbocycles. The molecule has 114 valence electrons. The van der Waals surface area contributed by atoms with Gasteiger partial charge >= 0.3 is 0 Å². The molecule has 2 heterocycles. The van der Waals surface area contributed by atoms with Crippen LogP contribution in [-0.4, -0.2) is 24.0 Å². The van der Waals surface area contributed by atoms with Gasteiger partial charge in [-0.3, -0.25) is 9.98 Å². The summed E-state index contributed by atoms with van der Waals surface area (Å²) in [5.74, 6) is 0.515. The minimum atomic E-state index is 0. The minimum Gasteiger partial charge on any atom is -0.370 e. The van der Waals surface area contributed by atoms with Gasteiger partial charge in [-0.1, -0.05) is 12.1 Å². The molecule has 21 heavy (non-hydrogen) atoms. The number of pyridine rings is 1. The first kappa shape index (κ1) is 17.9. The van der Waals surface area contributed by atoms with E-state index >= 15 is 0 Å². The second-order valence-electron chi connectivity index (χ2n) is 4.58. The Kier molecular flexibility index (Phi) is 8.29. The summed E-state index contributed by atoms with van der Waals surface area (Å²) in [7, 11) is 0. The van der Waals surface area contributed by atoms with Crippen LogP contribution in [0.4, 0.5) is 0 Å². The van der Waals surface area contributed by atoms with E-state index in [0.717, 1.165) is 31.6 Å². The third-order valence-electron chi connectivity index (χ3n) is 2.91. The van der Waals surface area contributed by atoms with Crippen LogP contribution in [-0.2, 0) is 12.8 Å². The average molecular weight is 416 g/mol. The summed E-state index contributed by atoms with van der Waals surface area (Å²) < 4.78 is 0. The molecular formula is C15H21IN4S. The molecule has 0 atom stereocenters. The van der Waals surface area contributed by atoms with Gasteiger partial charge in [0.05, 0.1) is 0 Å². The van der Waals surface area contributed by atoms with E-state index in [2.05, 4.69) is 38.9 Å². The maximum absolute atomic E-state index is 5.83. The van der Waals surface area contributed by atoms with Gasteiger partial charge in [0.15, 0.2) is 5.96 Å². The summed E-state index contributed by atoms with van der Waals surface area (Å²) in [6.07, 6.45) is 3.75. The van der Waals surface area contributed by atoms with Gasteiger partial charge in [-0.05, 0) is 36.4 Å². The molecule has 2 aromatic heterocycles. The van der Waals surface area contributed by atoms with Crippen LogP contribution >= 0.6 is 35.3 Å². The van der Waals surface area contributed by atoms with Crippen LogP contribution in [0.1, 0.15) is 16.1 Å². The Hall–Kier alpha value is -1.15. The highest BCUT2D eigenvalue weighted by molar-refractivity contribution is 14.0. The van der Waals surface area contributed by atoms with Crippen molar-refractivity contribution in [2.24, 2.45) is 10.7 Å². The van der Waals surface area contributed by atoms with Crippen LogP contribution in [0.25, 0.3) is 0 Å². The van der Waals surface area contributed by atoms with Gasteiger partial charge in [-0.2, -0.15) is 0 Å². The standard InChI is InChI=1S/C15H20N4S.HI/c1-12-4-5-13(11-19-12)6-8-17-15(16)18-9-7-14-3-2-10-20-14;/h2-5,10-11H,6-9H2,1H3,(H3,16,17,18);1H. The van der Waals surface area contributed by atoms with E-state index in [1.54, 1.807) is 11.3 Å². The minimum absolute atomic E-state index is 0. The second-order valence-corrected chi connectivity index (χ2v) is 5.61. The summed E-state index contributed by atoms with van der Waals surface area (Å²) in [5.41, 5.74) is 8.07. The summed E-state index contributed by atoms with van der Waals surface area (Å²) in [6, 6.07) is 8.29. The lowest BCUT2D eigenvalue weighted by Gasteiger charge is -2.05. The number of halogens is 1. The highest BCUT2D eigenvalue weighted by Crippen LogP contribution is 2.08. The number of guanidine groups is 1. The van der Waals surface area contributed by atoms with Gasteiger partial charge < -0.3 is 11.1 Å². The molecule has 0 amide bonds. The molecule has 0 aliphatic carbocycles. The fourth-order valence-electron chi connectivity index (χ4n) is 1.78. The number of aryl methyl sites for hydroxylation is 1. The lowest BCUT2D eigenvalue weighted by Crippen LogP contribution is -2.33. The zero-order valence-corrected chi connectivity index (χ0v) is 15.2. The number of aliphatic imine (C=N–C) groups is 1. The number of nitrogens with two attached hydrogens (primary N) is 1. The highest BCUT2D eigenvalue weighted by Gasteiger charge is 1.96. The Morgan fingerprint density at radius 2 is 2.19 bits per heavy atom. The number of aromatic nitrogens is 1. The average Bonchev–Trinajstić information content (AvgIpc) is 2.94. The first-order valence-electron chi connectivity index (χ1n) is 6.72. The summed E-state index contributed by atoms with van der Waals surface area (Å²) >= 11 is 1.75. The zero-order valence-electron chi connectivity index (χ0n) is 12.1. The Labute approximate surface area is 146 Å². The van der Waals surface area contributed by atoms with E-state index in [4.69, 9.17) is 5.73 Å². The number of hydrogen-bond acceptors (Lipinski definition) is 3. The maximum atomic E-state index is 5.83. The van der Waals surface area contributed by atoms with Crippen LogP contribution in [0, 0.1) is 6.92 Å². The van der Waals surface area contributed by atoms with Gasteiger partial charge in [0.2, 0.25) is 0 Å². The van der Waals surface area contributed by atoms with Crippen LogP contribution in [0.2, 0.25) is 0 Å². The number of hydrogen-bond donors (Lipinski definition) is 2. The van der Waals surface area contributed by atoms with Crippen LogP contribution in [0.3, 0.4) is 0 Å². The van der Waals surface area contributed by atoms with Crippen molar-refractivity contribution >= 4 is 41.3 Å². The van der Waals surface area contributed by atoms with E-state index in [1.807, 2.05) is 19.2 Å². The second kappa shape index (κ2) is 9.73. The van der Waals surface area contributed by atoms with Crippen molar-refractivity contribution in [3.05, 3.63) is 52.0 Å². The molecule has 0 unspecified atom stereocenters. The molecular weight excluding hydrogens is 395 g/mol. The van der Waals surface area contributed by atoms with Crippen molar-refractivity contribution in [1.29, 1.82) is 0 Å². The van der Waals surface area contributed by atoms with Gasteiger partial charge in [0.1, 0.15) is 0 Å². The van der Waals surface area contributed by atoms with Crippen LogP contribution < -0.4 is 11.1 Å². The molecule has 0 radical (unpaired) electrons. The zero-order chi connectivity index (χ0) is 14.2. The normalized spacial score (nSPS) is 11.0. The van der Waals surface area contributed by atoms with E-state index in [0.29, 0.717) is 5.96 Å². The quantitative estimate of drug-likeness (QED) is 0.433. The van der Waals surface area contributed by atoms with Crippen LogP contribution in [0.15, 0.2) is 40.8 Å². The molecule has 0 aliphatic rings. The summed E-state index contributed by atoms with van der Waals surface area (Å²) in [5, 5.41) is 5.21. The molecule has 2 rings (SSSR count). The van der Waals surface area contributed by atoms with E-state index in [-0.39, 0.29) is 24.0 Å². The van der Waals surface area contributed by atoms with E-state index < -0.39 is 0 Å². The Balaban J connectivity index is 0.00000220. The molecule has 0 bridgehead atoms. The molecule has 0 aromatic carbocycles. The third kappa shape index (κ3) is 6.90. The summed E-state index contributed by atoms with van der Waals surface area (Å²) in [6.45, 7) is 3.49. The number of nitrogens with zero attached hydrogens (tertiary/aromatic N) is 2. The molecule has 3 N–H and O–H groups in total. The highest BCUT2D eigenvalue weighted by atomic mass is 127. The smallest absolute Gasteiger partial charge is 0.188 e. The number of rotatable bonds is 6. The predicted octanol–water partition coefficient (Wildman–Crippen LogP) is 2.76. The van der Waals surface area contributed by atoms with Crippen molar-refractivity contribution in [3.8, 4) is 0 Å². The molecule has 0 spiro atoms. The lowest BCUT2D eigenvalue weighted by atomic mass is 10.2. The van der Waals surface area contributed by atoms with Gasteiger partial charge in [-0.15, -0.1) is 35.3 Å². The van der Waals surface area contributed by atoms with Crippen molar-refractivity contribution in [2.45, 2.75) is 19.8 Å². The topological polar surface area (TPSA) is 63.3 Å². The molecule has 2 aromatic rings. The monoisotopic (exact) mass is 416 g/mol. The maximum Gasteiger partial charge on any atom is 0.188 e. The van der Waals surface area contributed by atoms with Gasteiger partial charge in [0, 0.05) is 36.3 Å². The number of nitrogens with one attached hydrogen (secondary N) is 1. The summed E-state index contributed by atoms with van der Waals surface area (Å²) in [4.78, 5) is 9.93. The van der Waals surface area contributed by atoms with E-state index in [1.165, 1.54) is 10.4 Å². The Morgan fingerprint density at radius 1 is 1.33 bits per heavy atom. The fourth-order valence-corrected chi connectivity index (χ4v) is 2.48. The SMILES string of the molecule is Cc1ccc(CCNC(N)=NCCc2cccs2)cn1.I. The Morgan fingerprint density at radius 3 is 2.86 bits per heavy atom. The molecule has 6 heteroatoms. The van der Waals surface area contributed by atoms with Gasteiger partial charge in [-0.25, -0.2) is 0 Å². The first-order chi connectivity index (χ1) is 9.74. The van der Waals surface area contributed by atoms with Crippen molar-refractivity contribution in [2.75, 3.05) is 13.1 Å². The molecule has 0 fully saturated rings. The van der Waals surface area contributed by atoms with Crippen molar-refractivity contribution < 1.29 is 0 Å². The number of thiophene rings is 1. The first-order valence-corrected chi connectivity index (χ1v) is 7.60. The van der Waals surface area contributed by atoms with E-state index in [9.17, 15) is 0 Å². The molecule has 0 aliphatic heterocycles. The Bertz CT molecular complexity index is 537. The van der Waals surface area contributed by atoms with Gasteiger partial charge in [0.25, 0.3) is 0 Å². The molecule has 0 saturated heterocycles. The largest absolute Gasteiger partial charge is 0.370 e. The lowest BCUT2D eigenvalue weighted by molar-refractivity contribution is 0.841. The third-order valence-corrected chi connectivity index (χ3v) is 3.85. The van der Waals surface area contributed by atoms with Crippen molar-refractivity contribution in [1.82, 2.24) is 10.3 Å². The molecule has 4 nitrogen and oxygen atoms in total. The van der Waals surface area contributed by atoms with Crippen LogP contribution in [0.5, 0.6) is 0 Å².